The Morgan fingerprint density at radius 1 is 1.05 bits per heavy atom. The lowest BCUT2D eigenvalue weighted by atomic mass is 9.96. The Morgan fingerprint density at radius 2 is 1.85 bits per heavy atom. The Morgan fingerprint density at radius 3 is 2.67 bits per heavy atom. The van der Waals surface area contributed by atoms with Crippen LogP contribution in [0.25, 0.3) is 39.4 Å². The third kappa shape index (κ3) is 4.22. The number of nitriles is 1. The van der Waals surface area contributed by atoms with Crippen LogP contribution in [0.3, 0.4) is 0 Å². The van der Waals surface area contributed by atoms with Crippen molar-refractivity contribution in [2.75, 3.05) is 13.1 Å². The molecule has 1 saturated heterocycles. The van der Waals surface area contributed by atoms with Crippen molar-refractivity contribution in [3.63, 3.8) is 0 Å². The van der Waals surface area contributed by atoms with Crippen molar-refractivity contribution >= 4 is 22.7 Å². The molecule has 2 aliphatic rings. The van der Waals surface area contributed by atoms with Crippen LogP contribution in [-0.2, 0) is 19.6 Å². The van der Waals surface area contributed by atoms with Gasteiger partial charge in [0.1, 0.15) is 11.6 Å². The zero-order chi connectivity index (χ0) is 26.5. The third-order valence-corrected chi connectivity index (χ3v) is 8.24. The van der Waals surface area contributed by atoms with E-state index >= 15 is 0 Å². The van der Waals surface area contributed by atoms with Gasteiger partial charge in [0.05, 0.1) is 22.0 Å². The van der Waals surface area contributed by atoms with Crippen LogP contribution in [0.5, 0.6) is 0 Å². The van der Waals surface area contributed by atoms with E-state index in [9.17, 15) is 5.26 Å². The maximum atomic E-state index is 9.86. The van der Waals surface area contributed by atoms with Crippen LogP contribution in [0.15, 0.2) is 59.1 Å². The van der Waals surface area contributed by atoms with Gasteiger partial charge in [0, 0.05) is 42.5 Å². The van der Waals surface area contributed by atoms with Crippen molar-refractivity contribution < 1.29 is 4.42 Å². The van der Waals surface area contributed by atoms with Gasteiger partial charge in [-0.3, -0.25) is 4.90 Å². The topological polar surface area (TPSA) is 82.9 Å². The van der Waals surface area contributed by atoms with E-state index in [4.69, 9.17) is 26.1 Å². The van der Waals surface area contributed by atoms with Gasteiger partial charge in [-0.2, -0.15) is 10.4 Å². The van der Waals surface area contributed by atoms with Crippen molar-refractivity contribution in [3.8, 4) is 34.3 Å². The average Bonchev–Trinajstić information content (AvgIpc) is 3.73. The first kappa shape index (κ1) is 24.1. The summed E-state index contributed by atoms with van der Waals surface area (Å²) in [7, 11) is 0. The van der Waals surface area contributed by atoms with Gasteiger partial charge in [-0.1, -0.05) is 35.9 Å². The summed E-state index contributed by atoms with van der Waals surface area (Å²) in [4.78, 5) is 7.27. The van der Waals surface area contributed by atoms with Crippen LogP contribution >= 0.6 is 11.6 Å². The van der Waals surface area contributed by atoms with Crippen LogP contribution in [0, 0.1) is 18.3 Å². The number of oxazole rings is 1. The second-order valence-electron chi connectivity index (χ2n) is 10.4. The van der Waals surface area contributed by atoms with Crippen molar-refractivity contribution in [1.82, 2.24) is 25.0 Å². The van der Waals surface area contributed by atoms with E-state index in [1.165, 1.54) is 18.4 Å². The van der Waals surface area contributed by atoms with Gasteiger partial charge in [0.15, 0.2) is 5.58 Å². The molecule has 0 amide bonds. The molecule has 2 aliphatic heterocycles. The summed E-state index contributed by atoms with van der Waals surface area (Å²) in [5.74, 6) is 0.502. The average molecular weight is 535 g/mol. The highest BCUT2D eigenvalue weighted by Gasteiger charge is 2.21. The summed E-state index contributed by atoms with van der Waals surface area (Å²) < 4.78 is 8.11. The molecule has 0 unspecified atom stereocenters. The molecule has 0 aliphatic carbocycles. The van der Waals surface area contributed by atoms with Crippen molar-refractivity contribution in [2.24, 2.45) is 0 Å². The molecule has 8 heteroatoms. The smallest absolute Gasteiger partial charge is 0.227 e. The number of likely N-dealkylation sites (tertiary alicyclic amines) is 1. The Hall–Kier alpha value is -3.96. The first-order valence-corrected chi connectivity index (χ1v) is 13.7. The van der Waals surface area contributed by atoms with E-state index < -0.39 is 0 Å². The molecule has 0 spiro atoms. The van der Waals surface area contributed by atoms with Crippen molar-refractivity contribution in [3.05, 3.63) is 87.7 Å². The number of benzene rings is 3. The van der Waals surface area contributed by atoms with Crippen LogP contribution < -0.4 is 5.32 Å². The van der Waals surface area contributed by atoms with Crippen LogP contribution in [-0.4, -0.2) is 32.8 Å². The van der Waals surface area contributed by atoms with E-state index in [-0.39, 0.29) is 0 Å². The van der Waals surface area contributed by atoms with Gasteiger partial charge in [-0.05, 0) is 73.8 Å². The van der Waals surface area contributed by atoms with E-state index in [0.717, 1.165) is 71.9 Å². The minimum Gasteiger partial charge on any atom is -0.435 e. The molecule has 1 fully saturated rings. The first-order valence-electron chi connectivity index (χ1n) is 13.3. The predicted molar refractivity (Wildman–Crippen MR) is 152 cm³/mol. The van der Waals surface area contributed by atoms with E-state index in [1.54, 1.807) is 0 Å². The van der Waals surface area contributed by atoms with Gasteiger partial charge in [0.2, 0.25) is 5.89 Å². The molecule has 4 heterocycles. The number of rotatable bonds is 5. The lowest BCUT2D eigenvalue weighted by molar-refractivity contribution is 0.331. The van der Waals surface area contributed by atoms with E-state index in [1.807, 2.05) is 47.3 Å². The Bertz CT molecular complexity index is 1750. The lowest BCUT2D eigenvalue weighted by Gasteiger charge is -2.14. The molecule has 7 nitrogen and oxygen atoms in total. The van der Waals surface area contributed by atoms with Crippen molar-refractivity contribution in [2.45, 2.75) is 39.4 Å². The zero-order valence-corrected chi connectivity index (χ0v) is 22.4. The number of aromatic nitrogens is 3. The number of fused-ring (bicyclic) bond motifs is 2. The quantitative estimate of drug-likeness (QED) is 0.282. The maximum absolute atomic E-state index is 9.86. The van der Waals surface area contributed by atoms with Crippen LogP contribution in [0.2, 0.25) is 5.02 Å². The summed E-state index contributed by atoms with van der Waals surface area (Å²) in [6, 6.07) is 18.4. The van der Waals surface area contributed by atoms with Gasteiger partial charge in [-0.15, -0.1) is 0 Å². The molecular weight excluding hydrogens is 508 g/mol. The molecule has 0 radical (unpaired) electrons. The lowest BCUT2D eigenvalue weighted by Crippen LogP contribution is -2.18. The number of nitrogens with one attached hydrogen (secondary N) is 1. The van der Waals surface area contributed by atoms with Gasteiger partial charge in [-0.25, -0.2) is 9.67 Å². The third-order valence-electron chi connectivity index (χ3n) is 7.84. The number of hydrogen-bond acceptors (Lipinski definition) is 6. The van der Waals surface area contributed by atoms with Crippen molar-refractivity contribution in [1.29, 1.82) is 5.26 Å². The molecule has 0 saturated carbocycles. The molecule has 194 valence electrons. The van der Waals surface area contributed by atoms with Crippen LogP contribution in [0.1, 0.15) is 40.8 Å². The maximum Gasteiger partial charge on any atom is 0.227 e. The first-order chi connectivity index (χ1) is 19.1. The zero-order valence-electron chi connectivity index (χ0n) is 21.7. The summed E-state index contributed by atoms with van der Waals surface area (Å²) in [6.07, 6.45) is 4.50. The predicted octanol–water partition coefficient (Wildman–Crippen LogP) is 6.38. The highest BCUT2D eigenvalue weighted by Crippen LogP contribution is 2.39. The molecule has 0 atom stereocenters. The molecule has 7 rings (SSSR count). The van der Waals surface area contributed by atoms with Crippen LogP contribution in [0.4, 0.5) is 0 Å². The molecule has 1 N–H and O–H groups in total. The summed E-state index contributed by atoms with van der Waals surface area (Å²) >= 11 is 7.01. The molecule has 5 aromatic rings. The van der Waals surface area contributed by atoms with Gasteiger partial charge < -0.3 is 9.73 Å². The SMILES string of the molecule is Cc1c(-c2nc3cc(CN4CCCC4)cc(C#N)c3o2)cccc1-c1cccc(-n2cc3c(n2)CNC3)c1Cl. The summed E-state index contributed by atoms with van der Waals surface area (Å²) in [6.45, 7) is 6.68. The van der Waals surface area contributed by atoms with Gasteiger partial charge >= 0.3 is 0 Å². The largest absolute Gasteiger partial charge is 0.435 e. The molecule has 39 heavy (non-hydrogen) atoms. The molecule has 0 bridgehead atoms. The normalized spacial score (nSPS) is 15.2. The highest BCUT2D eigenvalue weighted by atomic mass is 35.5. The fourth-order valence-electron chi connectivity index (χ4n) is 5.82. The second kappa shape index (κ2) is 9.65. The fourth-order valence-corrected chi connectivity index (χ4v) is 6.14. The monoisotopic (exact) mass is 534 g/mol. The van der Waals surface area contributed by atoms with E-state index in [2.05, 4.69) is 35.3 Å². The highest BCUT2D eigenvalue weighted by molar-refractivity contribution is 6.35. The van der Waals surface area contributed by atoms with E-state index in [0.29, 0.717) is 27.6 Å². The minimum atomic E-state index is 0.502. The Balaban J connectivity index is 1.28. The number of hydrogen-bond donors (Lipinski definition) is 1. The standard InChI is InChI=1S/C31H27ClN6O/c1-19-23(25-8-5-9-28(29(25)32)38-18-22-15-34-16-27(22)36-38)6-4-7-24(19)31-35-26-13-20(17-37-10-2-3-11-37)12-21(14-33)30(26)39-31/h4-9,12-13,18,34H,2-3,10-11,15-17H2,1H3. The van der Waals surface area contributed by atoms with Gasteiger partial charge in [0.25, 0.3) is 0 Å². The fraction of sp³-hybridized carbons (Fsp3) is 0.258. The Kier molecular flexibility index (Phi) is 5.97. The number of nitrogens with zero attached hydrogens (tertiary/aromatic N) is 5. The minimum absolute atomic E-state index is 0.502. The summed E-state index contributed by atoms with van der Waals surface area (Å²) in [5, 5.41) is 18.6. The Labute approximate surface area is 231 Å². The second-order valence-corrected chi connectivity index (χ2v) is 10.7. The number of halogens is 1. The molecule has 2 aromatic heterocycles. The molecule has 3 aromatic carbocycles. The molecular formula is C31H27ClN6O. The summed E-state index contributed by atoms with van der Waals surface area (Å²) in [5.41, 5.74) is 9.76.